The van der Waals surface area contributed by atoms with Gasteiger partial charge in [-0.3, -0.25) is 9.59 Å². The Kier molecular flexibility index (Phi) is 7.46. The minimum atomic E-state index is -0.779. The number of benzene rings is 2. The van der Waals surface area contributed by atoms with Crippen molar-refractivity contribution >= 4 is 41.0 Å². The van der Waals surface area contributed by atoms with Gasteiger partial charge in [0.2, 0.25) is 0 Å². The van der Waals surface area contributed by atoms with Crippen LogP contribution in [0.25, 0.3) is 0 Å². The minimum Gasteiger partial charge on any atom is -0.355 e. The highest BCUT2D eigenvalue weighted by molar-refractivity contribution is 6.35. The van der Waals surface area contributed by atoms with Gasteiger partial charge in [0.1, 0.15) is 0 Å². The van der Waals surface area contributed by atoms with Crippen LogP contribution in [0.3, 0.4) is 0 Å². The molecule has 1 saturated carbocycles. The molecule has 1 fully saturated rings. The van der Waals surface area contributed by atoms with E-state index in [1.807, 2.05) is 37.3 Å². The SMILES string of the molecule is Cc1ccc(Nc2ccc(Cl)cc2/C=N\NC(=O)C(=O)N[C@@H]2CCCC[C@@H]2C)cc1. The quantitative estimate of drug-likeness (QED) is 0.373. The van der Waals surface area contributed by atoms with Gasteiger partial charge in [0.15, 0.2) is 0 Å². The fourth-order valence-corrected chi connectivity index (χ4v) is 3.70. The van der Waals surface area contributed by atoms with Crippen molar-refractivity contribution in [1.82, 2.24) is 10.7 Å². The number of hydrazone groups is 1. The number of amides is 2. The number of rotatable bonds is 5. The van der Waals surface area contributed by atoms with Crippen molar-refractivity contribution in [3.05, 3.63) is 58.6 Å². The van der Waals surface area contributed by atoms with Crippen molar-refractivity contribution in [2.45, 2.75) is 45.6 Å². The van der Waals surface area contributed by atoms with Crippen LogP contribution < -0.4 is 16.1 Å². The molecule has 30 heavy (non-hydrogen) atoms. The van der Waals surface area contributed by atoms with Crippen LogP contribution in [0.4, 0.5) is 11.4 Å². The molecule has 0 spiro atoms. The van der Waals surface area contributed by atoms with Crippen LogP contribution in [0, 0.1) is 12.8 Å². The first-order valence-electron chi connectivity index (χ1n) is 10.2. The molecule has 0 bridgehead atoms. The Morgan fingerprint density at radius 1 is 1.07 bits per heavy atom. The first-order valence-corrected chi connectivity index (χ1v) is 10.6. The van der Waals surface area contributed by atoms with E-state index in [4.69, 9.17) is 11.6 Å². The monoisotopic (exact) mass is 426 g/mol. The summed E-state index contributed by atoms with van der Waals surface area (Å²) in [6.45, 7) is 4.12. The summed E-state index contributed by atoms with van der Waals surface area (Å²) in [5.74, 6) is -1.06. The van der Waals surface area contributed by atoms with E-state index in [0.29, 0.717) is 16.5 Å². The van der Waals surface area contributed by atoms with Crippen LogP contribution in [0.15, 0.2) is 47.6 Å². The number of hydrogen-bond donors (Lipinski definition) is 3. The Bertz CT molecular complexity index is 927. The van der Waals surface area contributed by atoms with Crippen molar-refractivity contribution in [2.75, 3.05) is 5.32 Å². The van der Waals surface area contributed by atoms with Crippen molar-refractivity contribution in [2.24, 2.45) is 11.0 Å². The number of nitrogens with zero attached hydrogens (tertiary/aromatic N) is 1. The van der Waals surface area contributed by atoms with Gasteiger partial charge >= 0.3 is 11.8 Å². The van der Waals surface area contributed by atoms with E-state index in [1.165, 1.54) is 18.2 Å². The minimum absolute atomic E-state index is 0.0409. The van der Waals surface area contributed by atoms with Gasteiger partial charge in [0.05, 0.1) is 6.21 Å². The molecule has 2 aromatic carbocycles. The maximum Gasteiger partial charge on any atom is 0.329 e. The van der Waals surface area contributed by atoms with Crippen LogP contribution in [-0.2, 0) is 9.59 Å². The lowest BCUT2D eigenvalue weighted by atomic mass is 9.86. The summed E-state index contributed by atoms with van der Waals surface area (Å²) in [6.07, 6.45) is 5.68. The van der Waals surface area contributed by atoms with Crippen LogP contribution >= 0.6 is 11.6 Å². The zero-order valence-electron chi connectivity index (χ0n) is 17.2. The van der Waals surface area contributed by atoms with Crippen molar-refractivity contribution in [1.29, 1.82) is 0 Å². The average Bonchev–Trinajstić information content (AvgIpc) is 2.73. The summed E-state index contributed by atoms with van der Waals surface area (Å²) < 4.78 is 0. The molecule has 0 aromatic heterocycles. The number of nitrogens with one attached hydrogen (secondary N) is 3. The molecule has 0 aliphatic heterocycles. The van der Waals surface area contributed by atoms with Crippen molar-refractivity contribution < 1.29 is 9.59 Å². The van der Waals surface area contributed by atoms with Crippen LogP contribution in [0.5, 0.6) is 0 Å². The summed E-state index contributed by atoms with van der Waals surface area (Å²) >= 11 is 6.11. The fourth-order valence-electron chi connectivity index (χ4n) is 3.52. The number of halogens is 1. The molecule has 0 heterocycles. The first-order chi connectivity index (χ1) is 14.4. The zero-order chi connectivity index (χ0) is 21.5. The molecule has 0 saturated heterocycles. The summed E-state index contributed by atoms with van der Waals surface area (Å²) in [5, 5.41) is 10.6. The second-order valence-electron chi connectivity index (χ2n) is 7.76. The van der Waals surface area contributed by atoms with Gasteiger partial charge in [0.25, 0.3) is 0 Å². The van der Waals surface area contributed by atoms with Crippen LogP contribution in [0.2, 0.25) is 5.02 Å². The van der Waals surface area contributed by atoms with E-state index < -0.39 is 11.8 Å². The van der Waals surface area contributed by atoms with Gasteiger partial charge in [-0.15, -0.1) is 0 Å². The van der Waals surface area contributed by atoms with Gasteiger partial charge in [-0.2, -0.15) is 5.10 Å². The molecular weight excluding hydrogens is 400 g/mol. The third-order valence-corrected chi connectivity index (χ3v) is 5.58. The molecule has 2 atom stereocenters. The van der Waals surface area contributed by atoms with Gasteiger partial charge in [-0.25, -0.2) is 5.43 Å². The highest BCUT2D eigenvalue weighted by atomic mass is 35.5. The summed E-state index contributed by atoms with van der Waals surface area (Å²) in [6, 6.07) is 13.4. The number of hydrogen-bond acceptors (Lipinski definition) is 4. The third-order valence-electron chi connectivity index (χ3n) is 5.35. The molecule has 0 radical (unpaired) electrons. The Morgan fingerprint density at radius 3 is 2.53 bits per heavy atom. The molecule has 7 heteroatoms. The Labute approximate surface area is 182 Å². The first kappa shape index (κ1) is 21.8. The van der Waals surface area contributed by atoms with E-state index in [9.17, 15) is 9.59 Å². The molecule has 3 N–H and O–H groups in total. The van der Waals surface area contributed by atoms with E-state index in [2.05, 4.69) is 28.1 Å². The topological polar surface area (TPSA) is 82.6 Å². The lowest BCUT2D eigenvalue weighted by Gasteiger charge is -2.29. The highest BCUT2D eigenvalue weighted by Crippen LogP contribution is 2.24. The Hall–Kier alpha value is -2.86. The zero-order valence-corrected chi connectivity index (χ0v) is 18.0. The van der Waals surface area contributed by atoms with Gasteiger partial charge in [-0.05, 0) is 56.0 Å². The fraction of sp³-hybridized carbons (Fsp3) is 0.348. The van der Waals surface area contributed by atoms with E-state index in [0.717, 1.165) is 30.6 Å². The smallest absolute Gasteiger partial charge is 0.329 e. The summed E-state index contributed by atoms with van der Waals surface area (Å²) in [7, 11) is 0. The number of anilines is 2. The standard InChI is InChI=1S/C23H27ClN4O2/c1-15-7-10-19(11-8-15)26-21-12-9-18(24)13-17(21)14-25-28-23(30)22(29)27-20-6-4-3-5-16(20)2/h7-14,16,20,26H,3-6H2,1-2H3,(H,27,29)(H,28,30)/b25-14-/t16-,20+/m0/s1. The van der Waals surface area contributed by atoms with Gasteiger partial charge in [0, 0.05) is 28.0 Å². The second kappa shape index (κ2) is 10.3. The molecular formula is C23H27ClN4O2. The molecule has 158 valence electrons. The lowest BCUT2D eigenvalue weighted by molar-refractivity contribution is -0.139. The summed E-state index contributed by atoms with van der Waals surface area (Å²) in [4.78, 5) is 24.3. The molecule has 0 unspecified atom stereocenters. The molecule has 1 aliphatic rings. The maximum absolute atomic E-state index is 12.2. The number of carbonyl (C=O) groups excluding carboxylic acids is 2. The van der Waals surface area contributed by atoms with E-state index in [-0.39, 0.29) is 6.04 Å². The van der Waals surface area contributed by atoms with Crippen molar-refractivity contribution in [3.63, 3.8) is 0 Å². The average molecular weight is 427 g/mol. The maximum atomic E-state index is 12.2. The van der Waals surface area contributed by atoms with Crippen LogP contribution in [0.1, 0.15) is 43.7 Å². The number of aryl methyl sites for hydroxylation is 1. The van der Waals surface area contributed by atoms with Crippen molar-refractivity contribution in [3.8, 4) is 0 Å². The molecule has 6 nitrogen and oxygen atoms in total. The third kappa shape index (κ3) is 6.07. The largest absolute Gasteiger partial charge is 0.355 e. The predicted octanol–water partition coefficient (Wildman–Crippen LogP) is 4.54. The normalized spacial score (nSPS) is 18.8. The highest BCUT2D eigenvalue weighted by Gasteiger charge is 2.25. The Balaban J connectivity index is 1.62. The second-order valence-corrected chi connectivity index (χ2v) is 8.20. The predicted molar refractivity (Wildman–Crippen MR) is 121 cm³/mol. The Morgan fingerprint density at radius 2 is 1.80 bits per heavy atom. The molecule has 1 aliphatic carbocycles. The lowest BCUT2D eigenvalue weighted by Crippen LogP contribution is -2.46. The van der Waals surface area contributed by atoms with E-state index >= 15 is 0 Å². The summed E-state index contributed by atoms with van der Waals surface area (Å²) in [5.41, 5.74) is 5.85. The van der Waals surface area contributed by atoms with Crippen LogP contribution in [-0.4, -0.2) is 24.1 Å². The van der Waals surface area contributed by atoms with E-state index in [1.54, 1.807) is 12.1 Å². The number of carbonyl (C=O) groups is 2. The molecule has 2 aromatic rings. The molecule has 3 rings (SSSR count). The van der Waals surface area contributed by atoms with Gasteiger partial charge in [-0.1, -0.05) is 49.1 Å². The molecule has 2 amide bonds. The van der Waals surface area contributed by atoms with Gasteiger partial charge < -0.3 is 10.6 Å².